The number of anilines is 1. The molecule has 1 fully saturated rings. The van der Waals surface area contributed by atoms with Crippen molar-refractivity contribution >= 4 is 5.82 Å². The third kappa shape index (κ3) is 2.03. The smallest absolute Gasteiger partial charge is 0.123 e. The number of nitrogen functional groups attached to an aromatic ring is 1. The lowest BCUT2D eigenvalue weighted by atomic mass is 9.91. The van der Waals surface area contributed by atoms with Crippen molar-refractivity contribution in [1.29, 1.82) is 0 Å². The lowest BCUT2D eigenvalue weighted by Crippen LogP contribution is -2.44. The number of likely N-dealkylation sites (tertiary alicyclic amines) is 1. The van der Waals surface area contributed by atoms with Crippen molar-refractivity contribution in [2.24, 2.45) is 0 Å². The Balaban J connectivity index is 1.57. The van der Waals surface area contributed by atoms with Crippen molar-refractivity contribution in [2.45, 2.75) is 12.5 Å². The van der Waals surface area contributed by atoms with Crippen molar-refractivity contribution < 1.29 is 0 Å². The summed E-state index contributed by atoms with van der Waals surface area (Å²) >= 11 is 0. The molecule has 0 aliphatic carbocycles. The van der Waals surface area contributed by atoms with Gasteiger partial charge in [-0.25, -0.2) is 0 Å². The Kier molecular flexibility index (Phi) is 2.57. The van der Waals surface area contributed by atoms with Gasteiger partial charge >= 0.3 is 0 Å². The molecule has 0 atom stereocenters. The minimum absolute atomic E-state index is 0.671. The number of rotatable bonds is 3. The maximum Gasteiger partial charge on any atom is 0.123 e. The van der Waals surface area contributed by atoms with Crippen LogP contribution in [0, 0.1) is 0 Å². The molecule has 3 rings (SSSR count). The van der Waals surface area contributed by atoms with Crippen molar-refractivity contribution in [3.8, 4) is 0 Å². The van der Waals surface area contributed by atoms with E-state index in [1.54, 1.807) is 0 Å². The first-order chi connectivity index (χ1) is 8.33. The van der Waals surface area contributed by atoms with Crippen LogP contribution in [0.25, 0.3) is 0 Å². The van der Waals surface area contributed by atoms with E-state index in [9.17, 15) is 0 Å². The van der Waals surface area contributed by atoms with Gasteiger partial charge in [-0.15, -0.1) is 0 Å². The van der Waals surface area contributed by atoms with Gasteiger partial charge < -0.3 is 5.73 Å². The number of benzene rings is 1. The lowest BCUT2D eigenvalue weighted by Gasteiger charge is -2.39. The van der Waals surface area contributed by atoms with Gasteiger partial charge in [-0.05, 0) is 5.56 Å². The Morgan fingerprint density at radius 1 is 1.29 bits per heavy atom. The molecule has 0 unspecified atom stereocenters. The van der Waals surface area contributed by atoms with E-state index < -0.39 is 0 Å². The second kappa shape index (κ2) is 4.22. The highest BCUT2D eigenvalue weighted by Gasteiger charge is 2.28. The molecule has 17 heavy (non-hydrogen) atoms. The number of H-pyrrole nitrogens is 1. The van der Waals surface area contributed by atoms with Crippen molar-refractivity contribution in [3.63, 3.8) is 0 Å². The van der Waals surface area contributed by atoms with Gasteiger partial charge in [0.15, 0.2) is 0 Å². The molecule has 1 aromatic heterocycles. The molecule has 1 aromatic carbocycles. The fourth-order valence-corrected chi connectivity index (χ4v) is 2.32. The average molecular weight is 228 g/mol. The van der Waals surface area contributed by atoms with Gasteiger partial charge in [-0.2, -0.15) is 5.10 Å². The van der Waals surface area contributed by atoms with Gasteiger partial charge in [-0.3, -0.25) is 10.00 Å². The van der Waals surface area contributed by atoms with E-state index in [-0.39, 0.29) is 0 Å². The van der Waals surface area contributed by atoms with Gasteiger partial charge in [-0.1, -0.05) is 30.3 Å². The molecule has 88 valence electrons. The molecular weight excluding hydrogens is 212 g/mol. The van der Waals surface area contributed by atoms with Crippen molar-refractivity contribution in [1.82, 2.24) is 15.1 Å². The molecule has 1 aliphatic heterocycles. The molecule has 2 heterocycles. The SMILES string of the molecule is Nc1[nH]ncc1CN1CC(c2ccccc2)C1. The number of hydrogen-bond donors (Lipinski definition) is 2. The first-order valence-electron chi connectivity index (χ1n) is 5.88. The Labute approximate surface area is 100 Å². The number of hydrogen-bond acceptors (Lipinski definition) is 3. The molecule has 0 spiro atoms. The first-order valence-corrected chi connectivity index (χ1v) is 5.88. The lowest BCUT2D eigenvalue weighted by molar-refractivity contribution is 0.140. The van der Waals surface area contributed by atoms with Crippen molar-refractivity contribution in [2.75, 3.05) is 18.8 Å². The molecule has 0 amide bonds. The summed E-state index contributed by atoms with van der Waals surface area (Å²) in [6, 6.07) is 10.7. The maximum absolute atomic E-state index is 5.77. The second-order valence-corrected chi connectivity index (χ2v) is 4.61. The molecular formula is C13H16N4. The van der Waals surface area contributed by atoms with E-state index in [4.69, 9.17) is 5.73 Å². The summed E-state index contributed by atoms with van der Waals surface area (Å²) in [7, 11) is 0. The Bertz CT molecular complexity index is 485. The molecule has 3 N–H and O–H groups in total. The standard InChI is InChI=1S/C13H16N4/c14-13-11(6-15-16-13)7-17-8-12(9-17)10-4-2-1-3-5-10/h1-6,12H,7-9H2,(H3,14,15,16). The summed E-state index contributed by atoms with van der Waals surface area (Å²) in [5, 5.41) is 6.70. The molecule has 4 heteroatoms. The minimum Gasteiger partial charge on any atom is -0.384 e. The molecule has 0 radical (unpaired) electrons. The third-order valence-electron chi connectivity index (χ3n) is 3.37. The molecule has 0 bridgehead atoms. The highest BCUT2D eigenvalue weighted by atomic mass is 15.2. The van der Waals surface area contributed by atoms with Crippen LogP contribution in [0.15, 0.2) is 36.5 Å². The van der Waals surface area contributed by atoms with Crippen LogP contribution in [0.4, 0.5) is 5.82 Å². The van der Waals surface area contributed by atoms with Crippen LogP contribution in [0.1, 0.15) is 17.0 Å². The first kappa shape index (κ1) is 10.4. The second-order valence-electron chi connectivity index (χ2n) is 4.61. The van der Waals surface area contributed by atoms with Crippen LogP contribution in [0.5, 0.6) is 0 Å². The van der Waals surface area contributed by atoms with Gasteiger partial charge in [0.1, 0.15) is 5.82 Å². The maximum atomic E-state index is 5.77. The number of nitrogens with two attached hydrogens (primary N) is 1. The van der Waals surface area contributed by atoms with Gasteiger partial charge in [0, 0.05) is 31.1 Å². The van der Waals surface area contributed by atoms with Crippen LogP contribution in [0.2, 0.25) is 0 Å². The Morgan fingerprint density at radius 2 is 2.06 bits per heavy atom. The van der Waals surface area contributed by atoms with Crippen LogP contribution in [-0.4, -0.2) is 28.2 Å². The molecule has 0 saturated carbocycles. The predicted octanol–water partition coefficient (Wildman–Crippen LogP) is 1.59. The zero-order chi connectivity index (χ0) is 11.7. The van der Waals surface area contributed by atoms with E-state index in [1.807, 2.05) is 6.20 Å². The highest BCUT2D eigenvalue weighted by molar-refractivity contribution is 5.37. The summed E-state index contributed by atoms with van der Waals surface area (Å²) < 4.78 is 0. The third-order valence-corrected chi connectivity index (χ3v) is 3.37. The number of aromatic amines is 1. The Morgan fingerprint density at radius 3 is 2.71 bits per heavy atom. The number of nitrogens with one attached hydrogen (secondary N) is 1. The van der Waals surface area contributed by atoms with E-state index in [0.29, 0.717) is 11.7 Å². The largest absolute Gasteiger partial charge is 0.384 e. The number of nitrogens with zero attached hydrogens (tertiary/aromatic N) is 2. The zero-order valence-electron chi connectivity index (χ0n) is 9.63. The van der Waals surface area contributed by atoms with Gasteiger partial charge in [0.2, 0.25) is 0 Å². The summed E-state index contributed by atoms with van der Waals surface area (Å²) in [4.78, 5) is 2.39. The quantitative estimate of drug-likeness (QED) is 0.838. The normalized spacial score (nSPS) is 16.9. The topological polar surface area (TPSA) is 57.9 Å². The van der Waals surface area contributed by atoms with E-state index in [0.717, 1.165) is 25.2 Å². The highest BCUT2D eigenvalue weighted by Crippen LogP contribution is 2.28. The minimum atomic E-state index is 0.671. The predicted molar refractivity (Wildman–Crippen MR) is 67.5 cm³/mol. The summed E-state index contributed by atoms with van der Waals surface area (Å²) in [5.41, 5.74) is 8.30. The molecule has 4 nitrogen and oxygen atoms in total. The summed E-state index contributed by atoms with van der Waals surface area (Å²) in [6.07, 6.45) is 1.81. The van der Waals surface area contributed by atoms with Gasteiger partial charge in [0.25, 0.3) is 0 Å². The summed E-state index contributed by atoms with van der Waals surface area (Å²) in [5.74, 6) is 1.36. The Hall–Kier alpha value is -1.81. The average Bonchev–Trinajstić information content (AvgIpc) is 2.70. The van der Waals surface area contributed by atoms with Crippen LogP contribution >= 0.6 is 0 Å². The van der Waals surface area contributed by atoms with Crippen molar-refractivity contribution in [3.05, 3.63) is 47.7 Å². The van der Waals surface area contributed by atoms with E-state index >= 15 is 0 Å². The fourth-order valence-electron chi connectivity index (χ4n) is 2.32. The van der Waals surface area contributed by atoms with E-state index in [2.05, 4.69) is 45.4 Å². The van der Waals surface area contributed by atoms with Gasteiger partial charge in [0.05, 0.1) is 6.20 Å². The van der Waals surface area contributed by atoms with Crippen LogP contribution in [-0.2, 0) is 6.54 Å². The summed E-state index contributed by atoms with van der Waals surface area (Å²) in [6.45, 7) is 3.11. The fraction of sp³-hybridized carbons (Fsp3) is 0.308. The van der Waals surface area contributed by atoms with E-state index in [1.165, 1.54) is 5.56 Å². The monoisotopic (exact) mass is 228 g/mol. The molecule has 1 aliphatic rings. The number of aromatic nitrogens is 2. The molecule has 1 saturated heterocycles. The van der Waals surface area contributed by atoms with Crippen LogP contribution in [0.3, 0.4) is 0 Å². The molecule has 2 aromatic rings. The van der Waals surface area contributed by atoms with Crippen LogP contribution < -0.4 is 5.73 Å². The zero-order valence-corrected chi connectivity index (χ0v) is 9.63.